The topological polar surface area (TPSA) is 101 Å². The normalized spacial score (nSPS) is 15.2. The number of nitrogens with one attached hydrogen (secondary N) is 1. The highest BCUT2D eigenvalue weighted by molar-refractivity contribution is 7.89. The van der Waals surface area contributed by atoms with E-state index in [0.717, 1.165) is 5.56 Å². The molecule has 0 radical (unpaired) electrons. The lowest BCUT2D eigenvalue weighted by molar-refractivity contribution is -0.120. The molecule has 3 heterocycles. The van der Waals surface area contributed by atoms with Gasteiger partial charge in [-0.15, -0.1) is 0 Å². The molecule has 0 saturated carbocycles. The van der Waals surface area contributed by atoms with Crippen LogP contribution < -0.4 is 10.1 Å². The van der Waals surface area contributed by atoms with E-state index in [9.17, 15) is 13.2 Å². The Labute approximate surface area is 187 Å². The van der Waals surface area contributed by atoms with Gasteiger partial charge in [0.15, 0.2) is 11.6 Å². The number of carbonyl (C=O) groups is 1. The van der Waals surface area contributed by atoms with Gasteiger partial charge in [-0.2, -0.15) is 4.31 Å². The summed E-state index contributed by atoms with van der Waals surface area (Å²) in [6.45, 7) is 0.915. The highest BCUT2D eigenvalue weighted by Crippen LogP contribution is 2.27. The van der Waals surface area contributed by atoms with Gasteiger partial charge in [-0.25, -0.2) is 13.4 Å². The molecular formula is C23H24N4O4S. The smallest absolute Gasteiger partial charge is 0.243 e. The predicted molar refractivity (Wildman–Crippen MR) is 119 cm³/mol. The number of ether oxygens (including phenoxy) is 1. The lowest BCUT2D eigenvalue weighted by Crippen LogP contribution is -2.41. The lowest BCUT2D eigenvalue weighted by atomic mass is 9.97. The fourth-order valence-electron chi connectivity index (χ4n) is 3.56. The number of piperidine rings is 1. The van der Waals surface area contributed by atoms with E-state index in [-0.39, 0.29) is 16.7 Å². The van der Waals surface area contributed by atoms with Crippen LogP contribution >= 0.6 is 0 Å². The largest absolute Gasteiger partial charge is 0.485 e. The summed E-state index contributed by atoms with van der Waals surface area (Å²) in [5.74, 6) is 0.342. The van der Waals surface area contributed by atoms with E-state index in [1.807, 2.05) is 12.1 Å². The van der Waals surface area contributed by atoms with E-state index in [1.165, 1.54) is 4.31 Å². The zero-order valence-electron chi connectivity index (χ0n) is 17.4. The number of hydrogen-bond donors (Lipinski definition) is 1. The van der Waals surface area contributed by atoms with E-state index >= 15 is 0 Å². The van der Waals surface area contributed by atoms with E-state index in [0.29, 0.717) is 44.1 Å². The number of pyridine rings is 2. The summed E-state index contributed by atoms with van der Waals surface area (Å²) in [6, 6.07) is 15.6. The molecule has 32 heavy (non-hydrogen) atoms. The molecule has 1 saturated heterocycles. The molecule has 4 rings (SSSR count). The van der Waals surface area contributed by atoms with E-state index < -0.39 is 10.0 Å². The third-order valence-corrected chi connectivity index (χ3v) is 7.27. The van der Waals surface area contributed by atoms with Crippen molar-refractivity contribution in [2.24, 2.45) is 5.92 Å². The van der Waals surface area contributed by atoms with Crippen molar-refractivity contribution in [1.29, 1.82) is 0 Å². The highest BCUT2D eigenvalue weighted by Gasteiger charge is 2.32. The Hall–Kier alpha value is -3.30. The average Bonchev–Trinajstić information content (AvgIpc) is 2.85. The number of hydrogen-bond acceptors (Lipinski definition) is 6. The van der Waals surface area contributed by atoms with Crippen molar-refractivity contribution in [2.45, 2.75) is 24.3 Å². The maximum Gasteiger partial charge on any atom is 0.243 e. The second-order valence-corrected chi connectivity index (χ2v) is 9.41. The lowest BCUT2D eigenvalue weighted by Gasteiger charge is -2.30. The quantitative estimate of drug-likeness (QED) is 0.591. The molecule has 1 fully saturated rings. The van der Waals surface area contributed by atoms with Crippen LogP contribution in [0.4, 0.5) is 5.82 Å². The SMILES string of the molecule is O=C(Nc1ncccc1OCc1ccncc1)C1CCN(S(=O)(=O)c2ccccc2)CC1. The molecule has 1 amide bonds. The first-order valence-electron chi connectivity index (χ1n) is 10.4. The minimum absolute atomic E-state index is 0.186. The zero-order chi connectivity index (χ0) is 22.4. The molecule has 1 aliphatic heterocycles. The Morgan fingerprint density at radius 3 is 2.44 bits per heavy atom. The Balaban J connectivity index is 1.35. The van der Waals surface area contributed by atoms with Crippen molar-refractivity contribution in [1.82, 2.24) is 14.3 Å². The first kappa shape index (κ1) is 21.9. The molecular weight excluding hydrogens is 428 g/mol. The average molecular weight is 453 g/mol. The fraction of sp³-hybridized carbons (Fsp3) is 0.261. The summed E-state index contributed by atoms with van der Waals surface area (Å²) in [7, 11) is -3.55. The Morgan fingerprint density at radius 2 is 1.72 bits per heavy atom. The van der Waals surface area contributed by atoms with Gasteiger partial charge in [-0.3, -0.25) is 9.78 Å². The van der Waals surface area contributed by atoms with Crippen molar-refractivity contribution in [3.8, 4) is 5.75 Å². The van der Waals surface area contributed by atoms with Crippen LogP contribution in [0.2, 0.25) is 0 Å². The molecule has 0 bridgehead atoms. The first-order valence-corrected chi connectivity index (χ1v) is 11.8. The van der Waals surface area contributed by atoms with E-state index in [1.54, 1.807) is 61.1 Å². The Kier molecular flexibility index (Phi) is 6.77. The first-order chi connectivity index (χ1) is 15.5. The van der Waals surface area contributed by atoms with Gasteiger partial charge in [-0.1, -0.05) is 18.2 Å². The summed E-state index contributed by atoms with van der Waals surface area (Å²) in [5.41, 5.74) is 0.952. The minimum atomic E-state index is -3.55. The van der Waals surface area contributed by atoms with Crippen LogP contribution in [0.3, 0.4) is 0 Å². The van der Waals surface area contributed by atoms with Crippen LogP contribution in [0.15, 0.2) is 78.1 Å². The van der Waals surface area contributed by atoms with E-state index in [4.69, 9.17) is 4.74 Å². The van der Waals surface area contributed by atoms with Crippen LogP contribution in [0, 0.1) is 5.92 Å². The van der Waals surface area contributed by atoms with Gasteiger partial charge in [0, 0.05) is 37.6 Å². The van der Waals surface area contributed by atoms with Gasteiger partial charge in [0.05, 0.1) is 4.90 Å². The summed E-state index contributed by atoms with van der Waals surface area (Å²) >= 11 is 0. The van der Waals surface area contributed by atoms with Crippen molar-refractivity contribution in [3.63, 3.8) is 0 Å². The van der Waals surface area contributed by atoms with Crippen molar-refractivity contribution < 1.29 is 17.9 Å². The summed E-state index contributed by atoms with van der Waals surface area (Å²) in [5, 5.41) is 2.85. The molecule has 0 aliphatic carbocycles. The molecule has 1 aromatic carbocycles. The minimum Gasteiger partial charge on any atom is -0.485 e. The number of aromatic nitrogens is 2. The molecule has 1 N–H and O–H groups in total. The van der Waals surface area contributed by atoms with Crippen LogP contribution in [0.25, 0.3) is 0 Å². The maximum atomic E-state index is 12.8. The van der Waals surface area contributed by atoms with Gasteiger partial charge in [0.1, 0.15) is 6.61 Å². The summed E-state index contributed by atoms with van der Waals surface area (Å²) in [6.07, 6.45) is 5.85. The third-order valence-electron chi connectivity index (χ3n) is 5.36. The van der Waals surface area contributed by atoms with Crippen LogP contribution in [0.5, 0.6) is 5.75 Å². The van der Waals surface area contributed by atoms with Crippen LogP contribution in [0.1, 0.15) is 18.4 Å². The second kappa shape index (κ2) is 9.88. The monoisotopic (exact) mass is 452 g/mol. The highest BCUT2D eigenvalue weighted by atomic mass is 32.2. The molecule has 2 aromatic heterocycles. The standard InChI is InChI=1S/C23H24N4O4S/c28-23(19-10-15-27(16-11-19)32(29,30)20-5-2-1-3-6-20)26-22-21(7-4-12-25-22)31-17-18-8-13-24-14-9-18/h1-9,12-14,19H,10-11,15-17H2,(H,25,26,28). The molecule has 3 aromatic rings. The fourth-order valence-corrected chi connectivity index (χ4v) is 5.05. The number of sulfonamides is 1. The van der Waals surface area contributed by atoms with Gasteiger partial charge in [-0.05, 0) is 54.8 Å². The summed E-state index contributed by atoms with van der Waals surface area (Å²) in [4.78, 5) is 21.3. The predicted octanol–water partition coefficient (Wildman–Crippen LogP) is 3.10. The number of amides is 1. The van der Waals surface area contributed by atoms with Crippen molar-refractivity contribution in [2.75, 3.05) is 18.4 Å². The molecule has 1 aliphatic rings. The van der Waals surface area contributed by atoms with Gasteiger partial charge in [0.25, 0.3) is 0 Å². The second-order valence-electron chi connectivity index (χ2n) is 7.47. The molecule has 8 nitrogen and oxygen atoms in total. The molecule has 0 atom stereocenters. The Morgan fingerprint density at radius 1 is 1.00 bits per heavy atom. The molecule has 9 heteroatoms. The van der Waals surface area contributed by atoms with Crippen molar-refractivity contribution >= 4 is 21.7 Å². The number of carbonyl (C=O) groups excluding carboxylic acids is 1. The maximum absolute atomic E-state index is 12.8. The molecule has 0 unspecified atom stereocenters. The van der Waals surface area contributed by atoms with E-state index in [2.05, 4.69) is 15.3 Å². The Bertz CT molecular complexity index is 1150. The molecule has 0 spiro atoms. The number of nitrogens with zero attached hydrogens (tertiary/aromatic N) is 3. The number of anilines is 1. The van der Waals surface area contributed by atoms with Crippen LogP contribution in [-0.4, -0.2) is 41.7 Å². The zero-order valence-corrected chi connectivity index (χ0v) is 18.2. The van der Waals surface area contributed by atoms with Gasteiger partial charge >= 0.3 is 0 Å². The van der Waals surface area contributed by atoms with Gasteiger partial charge in [0.2, 0.25) is 15.9 Å². The van der Waals surface area contributed by atoms with Crippen LogP contribution in [-0.2, 0) is 21.4 Å². The third kappa shape index (κ3) is 5.12. The number of rotatable bonds is 7. The van der Waals surface area contributed by atoms with Crippen molar-refractivity contribution in [3.05, 3.63) is 78.8 Å². The molecule has 166 valence electrons. The summed E-state index contributed by atoms with van der Waals surface area (Å²) < 4.78 is 32.8. The van der Waals surface area contributed by atoms with Gasteiger partial charge < -0.3 is 10.1 Å². The number of benzene rings is 1.